The van der Waals surface area contributed by atoms with Gasteiger partial charge in [0.05, 0.1) is 64.6 Å². The van der Waals surface area contributed by atoms with Crippen LogP contribution in [0.25, 0.3) is 4.85 Å². The zero-order chi connectivity index (χ0) is 49.9. The van der Waals surface area contributed by atoms with Gasteiger partial charge in [0.2, 0.25) is 0 Å². The number of fused-ring (bicyclic) bond motifs is 5. The van der Waals surface area contributed by atoms with Gasteiger partial charge < -0.3 is 48.3 Å². The largest absolute Gasteiger partial charge is 0.493 e. The summed E-state index contributed by atoms with van der Waals surface area (Å²) in [5.74, 6) is 2.51. The summed E-state index contributed by atoms with van der Waals surface area (Å²) in [7, 11) is 4.81. The normalized spacial score (nSPS) is 14.4. The van der Waals surface area contributed by atoms with Crippen molar-refractivity contribution in [1.29, 1.82) is 0 Å². The molecule has 2 amide bonds. The van der Waals surface area contributed by atoms with Crippen molar-refractivity contribution in [3.8, 4) is 29.1 Å². The maximum Gasteiger partial charge on any atom is 0.357 e. The average Bonchev–Trinajstić information content (AvgIpc) is 3.95. The van der Waals surface area contributed by atoms with Crippen LogP contribution >= 0.6 is 11.8 Å². The number of amides is 2. The topological polar surface area (TPSA) is 125 Å². The first-order valence-electron chi connectivity index (χ1n) is 24.4. The molecule has 14 nitrogen and oxygen atoms in total. The van der Waals surface area contributed by atoms with Gasteiger partial charge >= 0.3 is 11.8 Å². The molecule has 1 N–H and O–H groups in total. The fourth-order valence-corrected chi connectivity index (χ4v) is 10.4. The van der Waals surface area contributed by atoms with E-state index >= 15 is 0 Å². The molecule has 0 aliphatic carbocycles. The summed E-state index contributed by atoms with van der Waals surface area (Å²) >= 11 is 1.91. The van der Waals surface area contributed by atoms with Crippen LogP contribution in [0.1, 0.15) is 70.7 Å². The Morgan fingerprint density at radius 1 is 0.803 bits per heavy atom. The van der Waals surface area contributed by atoms with E-state index < -0.39 is 0 Å². The third-order valence-corrected chi connectivity index (χ3v) is 13.9. The number of carbonyl (C=O) groups is 2. The number of benzene rings is 5. The first-order valence-corrected chi connectivity index (χ1v) is 25.4. The molecule has 0 saturated carbocycles. The molecule has 0 fully saturated rings. The van der Waals surface area contributed by atoms with Crippen LogP contribution in [0.3, 0.4) is 0 Å². The maximum absolute atomic E-state index is 14.2. The predicted molar refractivity (Wildman–Crippen MR) is 283 cm³/mol. The second kappa shape index (κ2) is 23.6. The number of thioether (sulfide) groups is 1. The highest BCUT2D eigenvalue weighted by Gasteiger charge is 2.41. The van der Waals surface area contributed by atoms with Crippen molar-refractivity contribution >= 4 is 52.0 Å². The molecule has 0 aromatic heterocycles. The molecule has 5 aromatic carbocycles. The van der Waals surface area contributed by atoms with Crippen LogP contribution in [-0.2, 0) is 40.3 Å². The Balaban J connectivity index is 1.09. The predicted octanol–water partition coefficient (Wildman–Crippen LogP) is 10.1. The van der Waals surface area contributed by atoms with Gasteiger partial charge in [0, 0.05) is 73.7 Å². The number of rotatable bonds is 25. The minimum Gasteiger partial charge on any atom is -0.493 e. The third kappa shape index (κ3) is 12.0. The van der Waals surface area contributed by atoms with E-state index in [1.807, 2.05) is 72.1 Å². The lowest BCUT2D eigenvalue weighted by Gasteiger charge is -2.34. The summed E-state index contributed by atoms with van der Waals surface area (Å²) in [6.45, 7) is 14.1. The van der Waals surface area contributed by atoms with Crippen molar-refractivity contribution in [2.45, 2.75) is 64.5 Å². The van der Waals surface area contributed by atoms with E-state index in [9.17, 15) is 9.59 Å². The molecular formula is C56H66N5O9S+. The van der Waals surface area contributed by atoms with Crippen molar-refractivity contribution in [2.24, 2.45) is 0 Å². The number of ether oxygens (including phenoxy) is 7. The number of methoxy groups -OCH3 is 3. The highest BCUT2D eigenvalue weighted by atomic mass is 32.2. The molecule has 0 radical (unpaired) electrons. The second-order valence-electron chi connectivity index (χ2n) is 18.1. The van der Waals surface area contributed by atoms with Crippen LogP contribution in [0.4, 0.5) is 28.4 Å². The van der Waals surface area contributed by atoms with Crippen LogP contribution in [0.2, 0.25) is 0 Å². The number of anilines is 4. The van der Waals surface area contributed by atoms with Gasteiger partial charge in [-0.3, -0.25) is 14.5 Å². The molecule has 3 aliphatic heterocycles. The second-order valence-corrected chi connectivity index (χ2v) is 20.1. The third-order valence-electron chi connectivity index (χ3n) is 12.7. The molecule has 15 heteroatoms. The molecule has 1 atom stereocenters. The summed E-state index contributed by atoms with van der Waals surface area (Å²) in [6, 6.07) is 32.4. The number of carbonyl (C=O) groups excluding carboxylic acids is 2. The van der Waals surface area contributed by atoms with E-state index in [0.717, 1.165) is 58.0 Å². The van der Waals surface area contributed by atoms with E-state index in [0.29, 0.717) is 105 Å². The molecule has 374 valence electrons. The molecule has 0 unspecified atom stereocenters. The van der Waals surface area contributed by atoms with E-state index in [1.54, 1.807) is 44.4 Å². The SMILES string of the molecule is CCNc1cc(OCc2cc(COc3cc4c(cc3OC)C(=O)N3c5ccccc5C[C@H]3C#[N+]4)cc(N(CCOCCOCCOC)CC(C)(C)SCC)c2)c(OC)cc1C(=O)N1CCc2ccccc21. The van der Waals surface area contributed by atoms with Crippen LogP contribution in [0.15, 0.2) is 91.0 Å². The van der Waals surface area contributed by atoms with Crippen LogP contribution in [0, 0.1) is 6.07 Å². The van der Waals surface area contributed by atoms with Gasteiger partial charge in [0.15, 0.2) is 29.0 Å². The van der Waals surface area contributed by atoms with Crippen LogP contribution in [0.5, 0.6) is 23.0 Å². The maximum atomic E-state index is 14.2. The Bertz CT molecular complexity index is 2760. The van der Waals surface area contributed by atoms with Crippen molar-refractivity contribution < 1.29 is 42.7 Å². The number of nitrogens with one attached hydrogen (secondary N) is 1. The Morgan fingerprint density at radius 3 is 2.17 bits per heavy atom. The lowest BCUT2D eigenvalue weighted by atomic mass is 10.1. The Kier molecular flexibility index (Phi) is 17.0. The van der Waals surface area contributed by atoms with E-state index in [-0.39, 0.29) is 35.8 Å². The Hall–Kier alpha value is -6.44. The van der Waals surface area contributed by atoms with E-state index in [4.69, 9.17) is 38.0 Å². The van der Waals surface area contributed by atoms with Gasteiger partial charge in [-0.2, -0.15) is 11.8 Å². The molecule has 3 aliphatic rings. The molecule has 0 bridgehead atoms. The first kappa shape index (κ1) is 50.9. The fraction of sp³-hybridized carbons (Fsp3) is 0.411. The number of para-hydroxylation sites is 2. The standard InChI is InChI=1S/C56H65N5O9S/c1-8-57-46-32-52(50(65-6)30-44(46)54(62)60-19-18-40-14-10-12-16-48(40)60)69-35-38-26-39(28-42(27-38)59(37-56(3,4)71-9-2)20-21-67-24-25-68-23-22-64-5)36-70-53-33-47-45(31-51(53)66-7)55(63)61-43(34-58-47)29-41-15-11-13-17-49(41)61/h10-17,26-28,30-33,43H,8-9,18-25,29,35-37H2,1-7H3/p+1/t43-/m0/s1. The molecule has 5 aromatic rings. The molecule has 71 heavy (non-hydrogen) atoms. The van der Waals surface area contributed by atoms with Crippen molar-refractivity contribution in [2.75, 3.05) is 106 Å². The van der Waals surface area contributed by atoms with Gasteiger partial charge in [-0.15, -0.1) is 0 Å². The van der Waals surface area contributed by atoms with Gasteiger partial charge in [0.1, 0.15) is 18.8 Å². The summed E-state index contributed by atoms with van der Waals surface area (Å²) < 4.78 is 41.8. The number of nitrogens with zero attached hydrogens (tertiary/aromatic N) is 4. The van der Waals surface area contributed by atoms with Crippen molar-refractivity contribution in [3.05, 3.63) is 129 Å². The molecular weight excluding hydrogens is 919 g/mol. The van der Waals surface area contributed by atoms with Gasteiger partial charge in [-0.25, -0.2) is 0 Å². The zero-order valence-corrected chi connectivity index (χ0v) is 42.8. The highest BCUT2D eigenvalue weighted by Crippen LogP contribution is 2.42. The molecule has 3 heterocycles. The average molecular weight is 985 g/mol. The fourth-order valence-electron chi connectivity index (χ4n) is 9.39. The van der Waals surface area contributed by atoms with Crippen molar-refractivity contribution in [1.82, 2.24) is 0 Å². The van der Waals surface area contributed by atoms with Gasteiger partial charge in [-0.1, -0.05) is 43.3 Å². The van der Waals surface area contributed by atoms with Crippen molar-refractivity contribution in [3.63, 3.8) is 0 Å². The lowest BCUT2D eigenvalue weighted by molar-refractivity contribution is 0.0264. The molecule has 0 spiro atoms. The quantitative estimate of drug-likeness (QED) is 0.0560. The summed E-state index contributed by atoms with van der Waals surface area (Å²) in [4.78, 5) is 39.0. The molecule has 0 saturated heterocycles. The zero-order valence-electron chi connectivity index (χ0n) is 42.0. The summed E-state index contributed by atoms with van der Waals surface area (Å²) in [5.41, 5.74) is 8.84. The highest BCUT2D eigenvalue weighted by molar-refractivity contribution is 8.00. The minimum atomic E-state index is -0.308. The Morgan fingerprint density at radius 2 is 1.46 bits per heavy atom. The van der Waals surface area contributed by atoms with Gasteiger partial charge in [-0.05, 0) is 96.4 Å². The Labute approximate surface area is 422 Å². The van der Waals surface area contributed by atoms with Gasteiger partial charge in [0.25, 0.3) is 11.8 Å². The summed E-state index contributed by atoms with van der Waals surface area (Å²) in [5, 5.41) is 3.41. The first-order chi connectivity index (χ1) is 34.5. The molecule has 8 rings (SSSR count). The monoisotopic (exact) mass is 984 g/mol. The van der Waals surface area contributed by atoms with Crippen LogP contribution < -0.4 is 39.0 Å². The van der Waals surface area contributed by atoms with Crippen LogP contribution in [-0.4, -0.2) is 109 Å². The minimum absolute atomic E-state index is 0.0884. The number of hydrogen-bond donors (Lipinski definition) is 1. The van der Waals surface area contributed by atoms with E-state index in [2.05, 4.69) is 61.3 Å². The smallest absolute Gasteiger partial charge is 0.357 e. The summed E-state index contributed by atoms with van der Waals surface area (Å²) in [6.07, 6.45) is 1.45. The lowest BCUT2D eigenvalue weighted by Crippen LogP contribution is -2.39. The van der Waals surface area contributed by atoms with E-state index in [1.165, 1.54) is 0 Å². The number of hydrogen-bond acceptors (Lipinski definition) is 12.